The van der Waals surface area contributed by atoms with Crippen molar-refractivity contribution in [2.45, 2.75) is 38.1 Å². The zero-order valence-electron chi connectivity index (χ0n) is 15.1. The maximum Gasteiger partial charge on any atom is 0.337 e. The maximum atomic E-state index is 12.6. The highest BCUT2D eigenvalue weighted by Crippen LogP contribution is 2.25. The van der Waals surface area contributed by atoms with Gasteiger partial charge in [0.15, 0.2) is 0 Å². The summed E-state index contributed by atoms with van der Waals surface area (Å²) in [6, 6.07) is 8.35. The molecule has 1 aliphatic rings. The highest BCUT2D eigenvalue weighted by molar-refractivity contribution is 6.34. The fourth-order valence-corrected chi connectivity index (χ4v) is 3.33. The van der Waals surface area contributed by atoms with E-state index < -0.39 is 5.97 Å². The zero-order chi connectivity index (χ0) is 19.2. The molecule has 0 radical (unpaired) electrons. The number of nitrogens with zero attached hydrogens (tertiary/aromatic N) is 1. The number of carbonyl (C=O) groups is 2. The van der Waals surface area contributed by atoms with E-state index >= 15 is 0 Å². The molecule has 1 aromatic carbocycles. The highest BCUT2D eigenvalue weighted by Gasteiger charge is 2.16. The molecule has 0 bridgehead atoms. The molecule has 6 nitrogen and oxygen atoms in total. The molecule has 0 aliphatic heterocycles. The molecule has 0 saturated heterocycles. The molecule has 0 spiro atoms. The first-order chi connectivity index (χ1) is 13.1. The van der Waals surface area contributed by atoms with Gasteiger partial charge in [-0.2, -0.15) is 0 Å². The van der Waals surface area contributed by atoms with Crippen molar-refractivity contribution in [3.63, 3.8) is 0 Å². The van der Waals surface area contributed by atoms with Gasteiger partial charge in [0.25, 0.3) is 5.91 Å². The summed E-state index contributed by atoms with van der Waals surface area (Å²) in [4.78, 5) is 28.6. The summed E-state index contributed by atoms with van der Waals surface area (Å²) >= 11 is 6.14. The van der Waals surface area contributed by atoms with Crippen LogP contribution in [0.1, 0.15) is 52.8 Å². The number of aromatic nitrogens is 1. The Bertz CT molecular complexity index is 835. The number of rotatable bonds is 5. The molecule has 3 rings (SSSR count). The Morgan fingerprint density at radius 2 is 1.89 bits per heavy atom. The summed E-state index contributed by atoms with van der Waals surface area (Å²) in [5.74, 6) is -0.137. The Labute approximate surface area is 163 Å². The highest BCUT2D eigenvalue weighted by atomic mass is 35.5. The van der Waals surface area contributed by atoms with Crippen LogP contribution in [0.2, 0.25) is 5.02 Å². The summed E-state index contributed by atoms with van der Waals surface area (Å²) < 4.78 is 4.70. The van der Waals surface area contributed by atoms with Gasteiger partial charge in [0, 0.05) is 17.8 Å². The van der Waals surface area contributed by atoms with Gasteiger partial charge in [-0.25, -0.2) is 9.78 Å². The Morgan fingerprint density at radius 1 is 1.11 bits per heavy atom. The molecular weight excluding hydrogens is 366 g/mol. The third-order valence-corrected chi connectivity index (χ3v) is 4.94. The van der Waals surface area contributed by atoms with E-state index in [1.165, 1.54) is 32.4 Å². The van der Waals surface area contributed by atoms with Crippen LogP contribution in [0.3, 0.4) is 0 Å². The van der Waals surface area contributed by atoms with Gasteiger partial charge < -0.3 is 15.4 Å². The first-order valence-electron chi connectivity index (χ1n) is 8.98. The van der Waals surface area contributed by atoms with Crippen molar-refractivity contribution in [2.75, 3.05) is 17.7 Å². The minimum absolute atomic E-state index is 0.312. The SMILES string of the molecule is COC(=O)c1ccc(Cl)c(NC(=O)c2ccnc(NC3CCCCC3)c2)c1. The van der Waals surface area contributed by atoms with E-state index in [9.17, 15) is 9.59 Å². The minimum atomic E-state index is -0.495. The molecule has 2 N–H and O–H groups in total. The number of ether oxygens (including phenoxy) is 1. The summed E-state index contributed by atoms with van der Waals surface area (Å²) in [5, 5.41) is 6.49. The van der Waals surface area contributed by atoms with Crippen molar-refractivity contribution in [1.29, 1.82) is 0 Å². The molecule has 7 heteroatoms. The predicted molar refractivity (Wildman–Crippen MR) is 105 cm³/mol. The Hall–Kier alpha value is -2.60. The predicted octanol–water partition coefficient (Wildman–Crippen LogP) is 4.52. The van der Waals surface area contributed by atoms with Crippen molar-refractivity contribution in [1.82, 2.24) is 4.98 Å². The smallest absolute Gasteiger partial charge is 0.337 e. The molecule has 1 fully saturated rings. The monoisotopic (exact) mass is 387 g/mol. The normalized spacial score (nSPS) is 14.4. The van der Waals surface area contributed by atoms with Crippen LogP contribution in [-0.4, -0.2) is 30.0 Å². The van der Waals surface area contributed by atoms with Crippen LogP contribution < -0.4 is 10.6 Å². The summed E-state index contributed by atoms with van der Waals surface area (Å²) in [5.41, 5.74) is 1.12. The number of hydrogen-bond donors (Lipinski definition) is 2. The number of hydrogen-bond acceptors (Lipinski definition) is 5. The number of benzene rings is 1. The fourth-order valence-electron chi connectivity index (χ4n) is 3.17. The second-order valence-electron chi connectivity index (χ2n) is 6.55. The summed E-state index contributed by atoms with van der Waals surface area (Å²) in [7, 11) is 1.30. The largest absolute Gasteiger partial charge is 0.465 e. The summed E-state index contributed by atoms with van der Waals surface area (Å²) in [6.07, 6.45) is 7.55. The van der Waals surface area contributed by atoms with Crippen molar-refractivity contribution < 1.29 is 14.3 Å². The van der Waals surface area contributed by atoms with Gasteiger partial charge in [0.05, 0.1) is 23.4 Å². The second-order valence-corrected chi connectivity index (χ2v) is 6.96. The zero-order valence-corrected chi connectivity index (χ0v) is 15.9. The number of methoxy groups -OCH3 is 1. The van der Waals surface area contributed by atoms with Gasteiger partial charge in [-0.1, -0.05) is 30.9 Å². The molecule has 1 aliphatic carbocycles. The average molecular weight is 388 g/mol. The van der Waals surface area contributed by atoms with Crippen molar-refractivity contribution in [3.8, 4) is 0 Å². The number of anilines is 2. The lowest BCUT2D eigenvalue weighted by atomic mass is 9.95. The van der Waals surface area contributed by atoms with E-state index in [0.29, 0.717) is 33.7 Å². The number of carbonyl (C=O) groups excluding carboxylic acids is 2. The van der Waals surface area contributed by atoms with Crippen LogP contribution >= 0.6 is 11.6 Å². The third-order valence-electron chi connectivity index (χ3n) is 4.61. The maximum absolute atomic E-state index is 12.6. The summed E-state index contributed by atoms with van der Waals surface area (Å²) in [6.45, 7) is 0. The minimum Gasteiger partial charge on any atom is -0.465 e. The first kappa shape index (κ1) is 19.2. The number of halogens is 1. The molecule has 1 saturated carbocycles. The molecule has 1 aromatic heterocycles. The van der Waals surface area contributed by atoms with Crippen LogP contribution in [0.25, 0.3) is 0 Å². The van der Waals surface area contributed by atoms with Crippen molar-refractivity contribution in [3.05, 3.63) is 52.7 Å². The van der Waals surface area contributed by atoms with Crippen molar-refractivity contribution >= 4 is 35.0 Å². The van der Waals surface area contributed by atoms with Gasteiger partial charge in [-0.05, 0) is 43.2 Å². The Morgan fingerprint density at radius 3 is 2.63 bits per heavy atom. The van der Waals surface area contributed by atoms with Gasteiger partial charge in [0.1, 0.15) is 5.82 Å². The number of pyridine rings is 1. The lowest BCUT2D eigenvalue weighted by Gasteiger charge is -2.23. The average Bonchev–Trinajstić information content (AvgIpc) is 2.70. The van der Waals surface area contributed by atoms with Crippen LogP contribution in [0.15, 0.2) is 36.5 Å². The quantitative estimate of drug-likeness (QED) is 0.737. The van der Waals surface area contributed by atoms with Gasteiger partial charge in [-0.15, -0.1) is 0 Å². The van der Waals surface area contributed by atoms with E-state index in [-0.39, 0.29) is 5.91 Å². The standard InChI is InChI=1S/C20H22ClN3O3/c1-27-20(26)14-7-8-16(21)17(11-14)24-19(25)13-9-10-22-18(12-13)23-15-5-3-2-4-6-15/h7-12,15H,2-6H2,1H3,(H,22,23)(H,24,25). The lowest BCUT2D eigenvalue weighted by Crippen LogP contribution is -2.23. The molecule has 0 atom stereocenters. The fraction of sp³-hybridized carbons (Fsp3) is 0.350. The van der Waals surface area contributed by atoms with Gasteiger partial charge in [0.2, 0.25) is 0 Å². The topological polar surface area (TPSA) is 80.3 Å². The number of nitrogens with one attached hydrogen (secondary N) is 2. The molecule has 2 aromatic rings. The van der Waals surface area contributed by atoms with Gasteiger partial charge >= 0.3 is 5.97 Å². The van der Waals surface area contributed by atoms with E-state index in [4.69, 9.17) is 16.3 Å². The molecule has 142 valence electrons. The second kappa shape index (κ2) is 8.86. The van der Waals surface area contributed by atoms with Crippen LogP contribution in [0.4, 0.5) is 11.5 Å². The van der Waals surface area contributed by atoms with Crippen LogP contribution in [-0.2, 0) is 4.74 Å². The van der Waals surface area contributed by atoms with E-state index in [2.05, 4.69) is 15.6 Å². The number of esters is 1. The third kappa shape index (κ3) is 4.98. The van der Waals surface area contributed by atoms with E-state index in [1.807, 2.05) is 0 Å². The Balaban J connectivity index is 1.72. The molecular formula is C20H22ClN3O3. The lowest BCUT2D eigenvalue weighted by molar-refractivity contribution is 0.0600. The Kier molecular flexibility index (Phi) is 6.29. The van der Waals surface area contributed by atoms with E-state index in [1.54, 1.807) is 30.5 Å². The molecule has 0 unspecified atom stereocenters. The van der Waals surface area contributed by atoms with Gasteiger partial charge in [-0.3, -0.25) is 4.79 Å². The van der Waals surface area contributed by atoms with Crippen LogP contribution in [0, 0.1) is 0 Å². The number of amides is 1. The first-order valence-corrected chi connectivity index (χ1v) is 9.36. The molecule has 27 heavy (non-hydrogen) atoms. The van der Waals surface area contributed by atoms with E-state index in [0.717, 1.165) is 12.8 Å². The molecule has 1 amide bonds. The van der Waals surface area contributed by atoms with Crippen LogP contribution in [0.5, 0.6) is 0 Å². The van der Waals surface area contributed by atoms with Crippen molar-refractivity contribution in [2.24, 2.45) is 0 Å². The molecule has 1 heterocycles.